The van der Waals surface area contributed by atoms with Crippen LogP contribution < -0.4 is 0 Å². The molecule has 1 aliphatic carbocycles. The van der Waals surface area contributed by atoms with E-state index >= 15 is 0 Å². The summed E-state index contributed by atoms with van der Waals surface area (Å²) in [6.07, 6.45) is 4.80. The Labute approximate surface area is 70.2 Å². The van der Waals surface area contributed by atoms with Crippen LogP contribution in [-0.2, 0) is 0 Å². The summed E-state index contributed by atoms with van der Waals surface area (Å²) in [5.41, 5.74) is 3.06. The van der Waals surface area contributed by atoms with Crippen molar-refractivity contribution in [3.05, 3.63) is 20.8 Å². The maximum Gasteiger partial charge on any atom is 0.0119 e. The second kappa shape index (κ2) is 2.86. The van der Waals surface area contributed by atoms with E-state index in [1.807, 2.05) is 0 Å². The third-order valence-electron chi connectivity index (χ3n) is 1.68. The molecule has 1 rings (SSSR count). The minimum atomic E-state index is 1.26. The fourth-order valence-corrected chi connectivity index (χ4v) is 1.72. The summed E-state index contributed by atoms with van der Waals surface area (Å²) in [7, 11) is 0. The van der Waals surface area contributed by atoms with Gasteiger partial charge in [-0.15, -0.1) is 0 Å². The Morgan fingerprint density at radius 1 is 1.33 bits per heavy atom. The highest BCUT2D eigenvalue weighted by molar-refractivity contribution is 14.1. The maximum atomic E-state index is 2.40. The SMILES string of the molecule is CC1=CC(I)=C(C)CC1. The Morgan fingerprint density at radius 3 is 2.44 bits per heavy atom. The normalized spacial score (nSPS) is 20.1. The van der Waals surface area contributed by atoms with Gasteiger partial charge in [-0.2, -0.15) is 0 Å². The molecule has 0 aromatic heterocycles. The molecule has 9 heavy (non-hydrogen) atoms. The summed E-state index contributed by atoms with van der Waals surface area (Å²) in [6.45, 7) is 4.41. The first-order chi connectivity index (χ1) is 4.20. The van der Waals surface area contributed by atoms with Gasteiger partial charge in [0.2, 0.25) is 0 Å². The van der Waals surface area contributed by atoms with E-state index in [4.69, 9.17) is 0 Å². The Hall–Kier alpha value is 0.210. The van der Waals surface area contributed by atoms with Crippen molar-refractivity contribution in [2.45, 2.75) is 26.7 Å². The van der Waals surface area contributed by atoms with Gasteiger partial charge >= 0.3 is 0 Å². The maximum absolute atomic E-state index is 2.40. The van der Waals surface area contributed by atoms with Gasteiger partial charge in [-0.25, -0.2) is 0 Å². The van der Waals surface area contributed by atoms with Gasteiger partial charge < -0.3 is 0 Å². The van der Waals surface area contributed by atoms with Crippen LogP contribution in [0.1, 0.15) is 26.7 Å². The van der Waals surface area contributed by atoms with Crippen LogP contribution >= 0.6 is 22.6 Å². The van der Waals surface area contributed by atoms with E-state index in [1.54, 1.807) is 5.57 Å². The molecule has 0 heterocycles. The van der Waals surface area contributed by atoms with Gasteiger partial charge in [-0.1, -0.05) is 11.1 Å². The second-order valence-electron chi connectivity index (χ2n) is 2.62. The second-order valence-corrected chi connectivity index (χ2v) is 3.78. The first kappa shape index (κ1) is 7.32. The van der Waals surface area contributed by atoms with Crippen LogP contribution in [0.4, 0.5) is 0 Å². The molecule has 0 amide bonds. The number of allylic oxidation sites excluding steroid dienone is 4. The average molecular weight is 234 g/mol. The molecule has 0 bridgehead atoms. The van der Waals surface area contributed by atoms with Crippen LogP contribution in [0.3, 0.4) is 0 Å². The molecule has 0 nitrogen and oxygen atoms in total. The molecule has 0 fully saturated rings. The van der Waals surface area contributed by atoms with E-state index in [2.05, 4.69) is 42.5 Å². The summed E-state index contributed by atoms with van der Waals surface area (Å²) in [6, 6.07) is 0. The topological polar surface area (TPSA) is 0 Å². The van der Waals surface area contributed by atoms with E-state index in [9.17, 15) is 0 Å². The third-order valence-corrected chi connectivity index (χ3v) is 2.91. The van der Waals surface area contributed by atoms with E-state index in [-0.39, 0.29) is 0 Å². The van der Waals surface area contributed by atoms with Crippen molar-refractivity contribution in [2.24, 2.45) is 0 Å². The van der Waals surface area contributed by atoms with E-state index in [0.29, 0.717) is 0 Å². The molecule has 0 aromatic rings. The van der Waals surface area contributed by atoms with Crippen molar-refractivity contribution in [3.8, 4) is 0 Å². The van der Waals surface area contributed by atoms with E-state index < -0.39 is 0 Å². The van der Waals surface area contributed by atoms with Gasteiger partial charge in [0.15, 0.2) is 0 Å². The number of rotatable bonds is 0. The smallest absolute Gasteiger partial charge is 0.0119 e. The largest absolute Gasteiger partial charge is 0.0720 e. The van der Waals surface area contributed by atoms with Gasteiger partial charge in [0.25, 0.3) is 0 Å². The predicted molar refractivity (Wildman–Crippen MR) is 49.7 cm³/mol. The molecular weight excluding hydrogens is 223 g/mol. The van der Waals surface area contributed by atoms with Crippen molar-refractivity contribution in [2.75, 3.05) is 0 Å². The van der Waals surface area contributed by atoms with Crippen LogP contribution in [0.15, 0.2) is 20.8 Å². The predicted octanol–water partition coefficient (Wildman–Crippen LogP) is 3.44. The fourth-order valence-electron chi connectivity index (χ4n) is 0.916. The molecule has 0 spiro atoms. The van der Waals surface area contributed by atoms with Crippen molar-refractivity contribution in [1.29, 1.82) is 0 Å². The average Bonchev–Trinajstić information content (AvgIpc) is 1.80. The quantitative estimate of drug-likeness (QED) is 0.563. The molecule has 0 radical (unpaired) electrons. The van der Waals surface area contributed by atoms with Crippen molar-refractivity contribution >= 4 is 22.6 Å². The third kappa shape index (κ3) is 1.81. The molecule has 0 atom stereocenters. The standard InChI is InChI=1S/C8H11I/c1-6-3-4-7(2)8(9)5-6/h5H,3-4H2,1-2H3. The summed E-state index contributed by atoms with van der Waals surface area (Å²) in [4.78, 5) is 0. The lowest BCUT2D eigenvalue weighted by Gasteiger charge is -2.10. The Kier molecular flexibility index (Phi) is 2.33. The molecule has 0 N–H and O–H groups in total. The molecule has 0 aliphatic heterocycles. The zero-order chi connectivity index (χ0) is 6.85. The van der Waals surface area contributed by atoms with Crippen LogP contribution in [0.25, 0.3) is 0 Å². The lowest BCUT2D eigenvalue weighted by molar-refractivity contribution is 0.904. The fraction of sp³-hybridized carbons (Fsp3) is 0.500. The lowest BCUT2D eigenvalue weighted by atomic mass is 10.0. The molecular formula is C8H11I. The molecule has 50 valence electrons. The monoisotopic (exact) mass is 234 g/mol. The minimum Gasteiger partial charge on any atom is -0.0720 e. The first-order valence-corrected chi connectivity index (χ1v) is 4.30. The molecule has 1 aliphatic rings. The summed E-state index contributed by atoms with van der Waals surface area (Å²) in [5, 5.41) is 0. The number of hydrogen-bond acceptors (Lipinski definition) is 0. The highest BCUT2D eigenvalue weighted by Gasteiger charge is 2.03. The minimum absolute atomic E-state index is 1.26. The number of halogens is 1. The van der Waals surface area contributed by atoms with Gasteiger partial charge in [0, 0.05) is 3.58 Å². The van der Waals surface area contributed by atoms with Gasteiger partial charge in [-0.05, 0) is 55.4 Å². The van der Waals surface area contributed by atoms with Gasteiger partial charge in [0.1, 0.15) is 0 Å². The van der Waals surface area contributed by atoms with Crippen LogP contribution in [0.5, 0.6) is 0 Å². The molecule has 0 aromatic carbocycles. The highest BCUT2D eigenvalue weighted by atomic mass is 127. The van der Waals surface area contributed by atoms with E-state index in [0.717, 1.165) is 0 Å². The van der Waals surface area contributed by atoms with Crippen molar-refractivity contribution in [3.63, 3.8) is 0 Å². The zero-order valence-corrected chi connectivity index (χ0v) is 8.03. The van der Waals surface area contributed by atoms with Crippen molar-refractivity contribution in [1.82, 2.24) is 0 Å². The van der Waals surface area contributed by atoms with E-state index in [1.165, 1.54) is 22.0 Å². The van der Waals surface area contributed by atoms with Crippen LogP contribution in [0.2, 0.25) is 0 Å². The molecule has 0 saturated carbocycles. The zero-order valence-electron chi connectivity index (χ0n) is 5.87. The highest BCUT2D eigenvalue weighted by Crippen LogP contribution is 2.26. The summed E-state index contributed by atoms with van der Waals surface area (Å²) in [5.74, 6) is 0. The molecule has 1 heteroatoms. The van der Waals surface area contributed by atoms with Crippen LogP contribution in [-0.4, -0.2) is 0 Å². The number of hydrogen-bond donors (Lipinski definition) is 0. The molecule has 0 saturated heterocycles. The summed E-state index contributed by atoms with van der Waals surface area (Å²) >= 11 is 2.40. The Bertz CT molecular complexity index is 175. The van der Waals surface area contributed by atoms with Crippen molar-refractivity contribution < 1.29 is 0 Å². The Morgan fingerprint density at radius 2 is 2.00 bits per heavy atom. The molecule has 0 unspecified atom stereocenters. The van der Waals surface area contributed by atoms with Gasteiger partial charge in [-0.3, -0.25) is 0 Å². The Balaban J connectivity index is 2.83. The lowest BCUT2D eigenvalue weighted by Crippen LogP contribution is -1.89. The first-order valence-electron chi connectivity index (χ1n) is 3.22. The van der Waals surface area contributed by atoms with Gasteiger partial charge in [0.05, 0.1) is 0 Å². The summed E-state index contributed by atoms with van der Waals surface area (Å²) < 4.78 is 1.44. The van der Waals surface area contributed by atoms with Crippen LogP contribution in [0, 0.1) is 0 Å².